The van der Waals surface area contributed by atoms with Crippen LogP contribution in [0.3, 0.4) is 0 Å². The first kappa shape index (κ1) is 13.2. The number of hydrogen-bond donors (Lipinski definition) is 1. The normalized spacial score (nSPS) is 19.1. The molecule has 1 fully saturated rings. The molecule has 0 aromatic carbocycles. The lowest BCUT2D eigenvalue weighted by atomic mass is 10.3. The third-order valence-corrected chi connectivity index (χ3v) is 2.33. The predicted octanol–water partition coefficient (Wildman–Crippen LogP) is -0.201. The summed E-state index contributed by atoms with van der Waals surface area (Å²) in [7, 11) is 0. The van der Waals surface area contributed by atoms with Crippen molar-refractivity contribution in [2.24, 2.45) is 0 Å². The van der Waals surface area contributed by atoms with Gasteiger partial charge in [0, 0.05) is 25.2 Å². The zero-order valence-electron chi connectivity index (χ0n) is 9.65. The van der Waals surface area contributed by atoms with E-state index in [1.807, 2.05) is 0 Å². The second-order valence-corrected chi connectivity index (χ2v) is 3.95. The minimum Gasteiger partial charge on any atom is -0.460 e. The average Bonchev–Trinajstić information content (AvgIpc) is 2.27. The SMILES string of the molecule is C=C(C)C(=O)OCC(O)CN1CCOCC1. The molecule has 1 rings (SSSR count). The predicted molar refractivity (Wildman–Crippen MR) is 59.0 cm³/mol. The van der Waals surface area contributed by atoms with Gasteiger partial charge in [0.25, 0.3) is 0 Å². The Balaban J connectivity index is 2.17. The van der Waals surface area contributed by atoms with Crippen LogP contribution in [0.1, 0.15) is 6.92 Å². The summed E-state index contributed by atoms with van der Waals surface area (Å²) in [4.78, 5) is 13.2. The molecule has 1 N–H and O–H groups in total. The van der Waals surface area contributed by atoms with E-state index < -0.39 is 12.1 Å². The van der Waals surface area contributed by atoms with Gasteiger partial charge >= 0.3 is 5.97 Å². The van der Waals surface area contributed by atoms with Crippen molar-refractivity contribution < 1.29 is 19.4 Å². The molecule has 0 spiro atoms. The molecule has 16 heavy (non-hydrogen) atoms. The first-order valence-corrected chi connectivity index (χ1v) is 5.40. The zero-order chi connectivity index (χ0) is 12.0. The van der Waals surface area contributed by atoms with Gasteiger partial charge in [-0.3, -0.25) is 4.90 Å². The Morgan fingerprint density at radius 1 is 1.56 bits per heavy atom. The topological polar surface area (TPSA) is 59.0 Å². The van der Waals surface area contributed by atoms with Crippen LogP contribution in [0.4, 0.5) is 0 Å². The summed E-state index contributed by atoms with van der Waals surface area (Å²) in [6.07, 6.45) is -0.651. The minimum absolute atomic E-state index is 0.0169. The number of β-amino-alcohol motifs (C(OH)–C–C–N with tert-alkyl or cyclic N) is 1. The number of hydrogen-bond acceptors (Lipinski definition) is 5. The monoisotopic (exact) mass is 229 g/mol. The fourth-order valence-corrected chi connectivity index (χ4v) is 1.43. The first-order chi connectivity index (χ1) is 7.59. The van der Waals surface area contributed by atoms with E-state index in [1.165, 1.54) is 0 Å². The molecule has 5 heteroatoms. The number of esters is 1. The number of nitrogens with zero attached hydrogens (tertiary/aromatic N) is 1. The molecular formula is C11H19NO4. The van der Waals surface area contributed by atoms with E-state index in [1.54, 1.807) is 6.92 Å². The van der Waals surface area contributed by atoms with Gasteiger partial charge in [0.1, 0.15) is 12.7 Å². The van der Waals surface area contributed by atoms with Crippen LogP contribution >= 0.6 is 0 Å². The Labute approximate surface area is 95.6 Å². The number of morpholine rings is 1. The fraction of sp³-hybridized carbons (Fsp3) is 0.727. The van der Waals surface area contributed by atoms with Crippen LogP contribution in [-0.4, -0.2) is 61.5 Å². The van der Waals surface area contributed by atoms with Crippen molar-refractivity contribution in [2.45, 2.75) is 13.0 Å². The van der Waals surface area contributed by atoms with E-state index in [-0.39, 0.29) is 6.61 Å². The lowest BCUT2D eigenvalue weighted by molar-refractivity contribution is -0.142. The molecule has 1 saturated heterocycles. The van der Waals surface area contributed by atoms with Crippen molar-refractivity contribution in [2.75, 3.05) is 39.5 Å². The summed E-state index contributed by atoms with van der Waals surface area (Å²) < 4.78 is 10.1. The Hall–Kier alpha value is -0.910. The fourth-order valence-electron chi connectivity index (χ4n) is 1.43. The summed E-state index contributed by atoms with van der Waals surface area (Å²) in [5, 5.41) is 9.64. The Morgan fingerprint density at radius 2 is 2.19 bits per heavy atom. The molecule has 1 unspecified atom stereocenters. The van der Waals surface area contributed by atoms with E-state index in [9.17, 15) is 9.90 Å². The zero-order valence-corrected chi connectivity index (χ0v) is 9.65. The van der Waals surface area contributed by atoms with Crippen molar-refractivity contribution >= 4 is 5.97 Å². The maximum atomic E-state index is 11.1. The quantitative estimate of drug-likeness (QED) is 0.522. The van der Waals surface area contributed by atoms with Gasteiger partial charge in [0.2, 0.25) is 0 Å². The van der Waals surface area contributed by atoms with E-state index >= 15 is 0 Å². The molecule has 1 aliphatic rings. The van der Waals surface area contributed by atoms with Gasteiger partial charge in [-0.2, -0.15) is 0 Å². The number of aliphatic hydroxyl groups is 1. The van der Waals surface area contributed by atoms with Crippen molar-refractivity contribution in [1.29, 1.82) is 0 Å². The van der Waals surface area contributed by atoms with E-state index in [0.29, 0.717) is 25.3 Å². The summed E-state index contributed by atoms with van der Waals surface area (Å²) >= 11 is 0. The lowest BCUT2D eigenvalue weighted by Gasteiger charge is -2.28. The van der Waals surface area contributed by atoms with Crippen LogP contribution in [0.2, 0.25) is 0 Å². The van der Waals surface area contributed by atoms with Crippen molar-refractivity contribution in [1.82, 2.24) is 4.90 Å². The number of aliphatic hydroxyl groups excluding tert-OH is 1. The maximum absolute atomic E-state index is 11.1. The number of carbonyl (C=O) groups is 1. The highest BCUT2D eigenvalue weighted by molar-refractivity contribution is 5.86. The Kier molecular flexibility index (Phi) is 5.45. The van der Waals surface area contributed by atoms with Gasteiger partial charge in [0.05, 0.1) is 13.2 Å². The van der Waals surface area contributed by atoms with Gasteiger partial charge in [-0.1, -0.05) is 6.58 Å². The third-order valence-electron chi connectivity index (χ3n) is 2.33. The molecule has 5 nitrogen and oxygen atoms in total. The number of ether oxygens (including phenoxy) is 2. The summed E-state index contributed by atoms with van der Waals surface area (Å²) in [5.74, 6) is -0.457. The summed E-state index contributed by atoms with van der Waals surface area (Å²) in [6, 6.07) is 0. The molecular weight excluding hydrogens is 210 g/mol. The number of rotatable bonds is 5. The van der Waals surface area contributed by atoms with E-state index in [0.717, 1.165) is 13.1 Å². The van der Waals surface area contributed by atoms with Crippen LogP contribution in [0.25, 0.3) is 0 Å². The highest BCUT2D eigenvalue weighted by Gasteiger charge is 2.16. The molecule has 0 aromatic heterocycles. The smallest absolute Gasteiger partial charge is 0.333 e. The van der Waals surface area contributed by atoms with Gasteiger partial charge in [0.15, 0.2) is 0 Å². The van der Waals surface area contributed by atoms with Gasteiger partial charge < -0.3 is 14.6 Å². The molecule has 1 atom stereocenters. The highest BCUT2D eigenvalue weighted by atomic mass is 16.5. The second kappa shape index (κ2) is 6.62. The molecule has 0 aromatic rings. The molecule has 1 heterocycles. The maximum Gasteiger partial charge on any atom is 0.333 e. The summed E-state index contributed by atoms with van der Waals surface area (Å²) in [6.45, 7) is 8.58. The van der Waals surface area contributed by atoms with Crippen LogP contribution < -0.4 is 0 Å². The largest absolute Gasteiger partial charge is 0.460 e. The standard InChI is InChI=1S/C11H19NO4/c1-9(2)11(14)16-8-10(13)7-12-3-5-15-6-4-12/h10,13H,1,3-8H2,2H3. The van der Waals surface area contributed by atoms with Gasteiger partial charge in [-0.25, -0.2) is 4.79 Å². The van der Waals surface area contributed by atoms with Gasteiger partial charge in [-0.05, 0) is 6.92 Å². The molecule has 0 aliphatic carbocycles. The average molecular weight is 229 g/mol. The number of carbonyl (C=O) groups excluding carboxylic acids is 1. The van der Waals surface area contributed by atoms with Crippen LogP contribution in [0.5, 0.6) is 0 Å². The van der Waals surface area contributed by atoms with Crippen molar-refractivity contribution in [3.8, 4) is 0 Å². The molecule has 92 valence electrons. The third kappa shape index (κ3) is 4.74. The molecule has 0 bridgehead atoms. The minimum atomic E-state index is -0.651. The molecule has 1 aliphatic heterocycles. The van der Waals surface area contributed by atoms with Crippen LogP contribution in [0.15, 0.2) is 12.2 Å². The van der Waals surface area contributed by atoms with Crippen LogP contribution in [-0.2, 0) is 14.3 Å². The van der Waals surface area contributed by atoms with E-state index in [4.69, 9.17) is 9.47 Å². The lowest BCUT2D eigenvalue weighted by Crippen LogP contribution is -2.42. The highest BCUT2D eigenvalue weighted by Crippen LogP contribution is 2.00. The summed E-state index contributed by atoms with van der Waals surface area (Å²) in [5.41, 5.74) is 0.346. The van der Waals surface area contributed by atoms with Gasteiger partial charge in [-0.15, -0.1) is 0 Å². The second-order valence-electron chi connectivity index (χ2n) is 3.95. The Morgan fingerprint density at radius 3 is 2.75 bits per heavy atom. The Bertz CT molecular complexity index is 248. The van der Waals surface area contributed by atoms with Crippen LogP contribution in [0, 0.1) is 0 Å². The van der Waals surface area contributed by atoms with Crippen molar-refractivity contribution in [3.05, 3.63) is 12.2 Å². The molecule has 0 radical (unpaired) electrons. The molecule has 0 saturated carbocycles. The van der Waals surface area contributed by atoms with E-state index in [2.05, 4.69) is 11.5 Å². The first-order valence-electron chi connectivity index (χ1n) is 5.40. The van der Waals surface area contributed by atoms with Crippen molar-refractivity contribution in [3.63, 3.8) is 0 Å². The molecule has 0 amide bonds.